The average molecular weight is 267 g/mol. The van der Waals surface area contributed by atoms with Gasteiger partial charge in [0.1, 0.15) is 0 Å². The molecule has 0 unspecified atom stereocenters. The summed E-state index contributed by atoms with van der Waals surface area (Å²) in [6.07, 6.45) is 4.58. The van der Waals surface area contributed by atoms with E-state index in [-0.39, 0.29) is 17.7 Å². The van der Waals surface area contributed by atoms with E-state index in [1.165, 1.54) is 7.11 Å². The maximum absolute atomic E-state index is 13.9. The van der Waals surface area contributed by atoms with Gasteiger partial charge in [-0.15, -0.1) is 0 Å². The lowest BCUT2D eigenvalue weighted by molar-refractivity contribution is 0.0105. The summed E-state index contributed by atoms with van der Waals surface area (Å²) in [4.78, 5) is 0. The normalized spacial score (nSPS) is 23.3. The maximum Gasteiger partial charge on any atom is 0.170 e. The topological polar surface area (TPSA) is 30.5 Å². The van der Waals surface area contributed by atoms with Crippen molar-refractivity contribution < 1.29 is 13.9 Å². The fourth-order valence-electron chi connectivity index (χ4n) is 2.55. The lowest BCUT2D eigenvalue weighted by Gasteiger charge is -2.28. The van der Waals surface area contributed by atoms with Crippen LogP contribution in [0.2, 0.25) is 0 Å². The van der Waals surface area contributed by atoms with Gasteiger partial charge in [-0.1, -0.05) is 12.1 Å². The fourth-order valence-corrected chi connectivity index (χ4v) is 2.55. The second-order valence-electron chi connectivity index (χ2n) is 5.01. The average Bonchev–Trinajstić information content (AvgIpc) is 2.47. The first-order valence-electron chi connectivity index (χ1n) is 6.84. The monoisotopic (exact) mass is 267 g/mol. The molecule has 1 aliphatic rings. The number of benzene rings is 1. The van der Waals surface area contributed by atoms with Crippen LogP contribution >= 0.6 is 0 Å². The van der Waals surface area contributed by atoms with E-state index < -0.39 is 0 Å². The largest absolute Gasteiger partial charge is 0.494 e. The van der Waals surface area contributed by atoms with Crippen LogP contribution in [0.5, 0.6) is 5.75 Å². The molecular weight excluding hydrogens is 245 g/mol. The van der Waals surface area contributed by atoms with Gasteiger partial charge in [0, 0.05) is 11.6 Å². The molecule has 1 aromatic carbocycles. The highest BCUT2D eigenvalue weighted by atomic mass is 19.1. The summed E-state index contributed by atoms with van der Waals surface area (Å²) < 4.78 is 24.7. The van der Waals surface area contributed by atoms with Gasteiger partial charge in [0.15, 0.2) is 11.6 Å². The minimum atomic E-state index is -0.311. The van der Waals surface area contributed by atoms with E-state index in [0.717, 1.165) is 25.7 Å². The van der Waals surface area contributed by atoms with Crippen molar-refractivity contribution >= 4 is 0 Å². The second-order valence-corrected chi connectivity index (χ2v) is 5.01. The van der Waals surface area contributed by atoms with Gasteiger partial charge in [-0.2, -0.15) is 0 Å². The quantitative estimate of drug-likeness (QED) is 0.890. The summed E-state index contributed by atoms with van der Waals surface area (Å²) >= 11 is 0. The molecule has 1 N–H and O–H groups in total. The van der Waals surface area contributed by atoms with E-state index in [2.05, 4.69) is 5.32 Å². The molecule has 0 bridgehead atoms. The molecule has 0 atom stereocenters. The van der Waals surface area contributed by atoms with Gasteiger partial charge in [0.05, 0.1) is 19.8 Å². The number of halogens is 1. The van der Waals surface area contributed by atoms with Crippen LogP contribution in [0, 0.1) is 5.82 Å². The van der Waals surface area contributed by atoms with Crippen LogP contribution in [0.25, 0.3) is 0 Å². The molecule has 2 rings (SSSR count). The summed E-state index contributed by atoms with van der Waals surface area (Å²) in [6.45, 7) is 0.317. The van der Waals surface area contributed by atoms with Crippen molar-refractivity contribution in [2.45, 2.75) is 44.4 Å². The summed E-state index contributed by atoms with van der Waals surface area (Å²) in [7, 11) is 3.47. The SMILES string of the molecule is CNC1CCC(OCc2cccc(OC)c2F)CC1. The third kappa shape index (κ3) is 3.67. The van der Waals surface area contributed by atoms with Gasteiger partial charge < -0.3 is 14.8 Å². The van der Waals surface area contributed by atoms with E-state index in [0.29, 0.717) is 18.2 Å². The highest BCUT2D eigenvalue weighted by Crippen LogP contribution is 2.24. The molecule has 1 saturated carbocycles. The van der Waals surface area contributed by atoms with Crippen LogP contribution in [0.1, 0.15) is 31.2 Å². The number of nitrogens with one attached hydrogen (secondary N) is 1. The van der Waals surface area contributed by atoms with Crippen molar-refractivity contribution in [3.8, 4) is 5.75 Å². The summed E-state index contributed by atoms with van der Waals surface area (Å²) in [5, 5.41) is 3.29. The van der Waals surface area contributed by atoms with Crippen molar-refractivity contribution in [1.82, 2.24) is 5.32 Å². The van der Waals surface area contributed by atoms with E-state index in [1.807, 2.05) is 7.05 Å². The minimum Gasteiger partial charge on any atom is -0.494 e. The zero-order valence-corrected chi connectivity index (χ0v) is 11.6. The molecule has 0 saturated heterocycles. The smallest absolute Gasteiger partial charge is 0.170 e. The number of ether oxygens (including phenoxy) is 2. The van der Waals surface area contributed by atoms with Gasteiger partial charge in [0.25, 0.3) is 0 Å². The van der Waals surface area contributed by atoms with Gasteiger partial charge >= 0.3 is 0 Å². The molecule has 0 heterocycles. The number of rotatable bonds is 5. The van der Waals surface area contributed by atoms with E-state index >= 15 is 0 Å². The number of hydrogen-bond acceptors (Lipinski definition) is 3. The predicted octanol–water partition coefficient (Wildman–Crippen LogP) is 2.88. The van der Waals surface area contributed by atoms with E-state index in [1.54, 1.807) is 18.2 Å². The highest BCUT2D eigenvalue weighted by molar-refractivity contribution is 5.30. The lowest BCUT2D eigenvalue weighted by Crippen LogP contribution is -2.32. The molecule has 3 nitrogen and oxygen atoms in total. The molecule has 4 heteroatoms. The van der Waals surface area contributed by atoms with Crippen LogP contribution in [0.15, 0.2) is 18.2 Å². The molecule has 106 valence electrons. The molecule has 1 fully saturated rings. The molecule has 0 spiro atoms. The van der Waals surface area contributed by atoms with Gasteiger partial charge in [-0.05, 0) is 38.8 Å². The van der Waals surface area contributed by atoms with Gasteiger partial charge in [-0.25, -0.2) is 4.39 Å². The first-order valence-corrected chi connectivity index (χ1v) is 6.84. The number of methoxy groups -OCH3 is 1. The molecule has 0 amide bonds. The third-order valence-corrected chi connectivity index (χ3v) is 3.82. The first kappa shape index (κ1) is 14.3. The van der Waals surface area contributed by atoms with Crippen molar-refractivity contribution in [3.63, 3.8) is 0 Å². The highest BCUT2D eigenvalue weighted by Gasteiger charge is 2.20. The second kappa shape index (κ2) is 6.87. The summed E-state index contributed by atoms with van der Waals surface area (Å²) in [6, 6.07) is 5.76. The molecule has 1 aromatic rings. The van der Waals surface area contributed by atoms with Crippen LogP contribution < -0.4 is 10.1 Å². The summed E-state index contributed by atoms with van der Waals surface area (Å²) in [5.41, 5.74) is 0.565. The van der Waals surface area contributed by atoms with Crippen molar-refractivity contribution in [2.24, 2.45) is 0 Å². The van der Waals surface area contributed by atoms with Crippen LogP contribution in [-0.4, -0.2) is 26.3 Å². The van der Waals surface area contributed by atoms with Crippen LogP contribution in [0.3, 0.4) is 0 Å². The lowest BCUT2D eigenvalue weighted by atomic mass is 9.93. The number of hydrogen-bond donors (Lipinski definition) is 1. The Morgan fingerprint density at radius 2 is 2.00 bits per heavy atom. The molecule has 0 radical (unpaired) electrons. The van der Waals surface area contributed by atoms with Crippen molar-refractivity contribution in [1.29, 1.82) is 0 Å². The molecule has 1 aliphatic carbocycles. The predicted molar refractivity (Wildman–Crippen MR) is 72.8 cm³/mol. The Balaban J connectivity index is 1.86. The Labute approximate surface area is 114 Å². The molecule has 0 aromatic heterocycles. The Morgan fingerprint density at radius 1 is 1.26 bits per heavy atom. The standard InChI is InChI=1S/C15H22FNO2/c1-17-12-6-8-13(9-7-12)19-10-11-4-3-5-14(18-2)15(11)16/h3-5,12-13,17H,6-10H2,1-2H3. The molecular formula is C15H22FNO2. The van der Waals surface area contributed by atoms with Crippen LogP contribution in [-0.2, 0) is 11.3 Å². The van der Waals surface area contributed by atoms with Gasteiger partial charge in [-0.3, -0.25) is 0 Å². The zero-order chi connectivity index (χ0) is 13.7. The third-order valence-electron chi connectivity index (χ3n) is 3.82. The molecule has 19 heavy (non-hydrogen) atoms. The van der Waals surface area contributed by atoms with Gasteiger partial charge in [0.2, 0.25) is 0 Å². The Morgan fingerprint density at radius 3 is 2.63 bits per heavy atom. The summed E-state index contributed by atoms with van der Waals surface area (Å²) in [5.74, 6) is -0.0334. The first-order chi connectivity index (χ1) is 9.24. The Bertz CT molecular complexity index is 403. The zero-order valence-electron chi connectivity index (χ0n) is 11.6. The van der Waals surface area contributed by atoms with E-state index in [9.17, 15) is 4.39 Å². The molecule has 0 aliphatic heterocycles. The van der Waals surface area contributed by atoms with Crippen molar-refractivity contribution in [2.75, 3.05) is 14.2 Å². The van der Waals surface area contributed by atoms with Crippen LogP contribution in [0.4, 0.5) is 4.39 Å². The Hall–Kier alpha value is -1.13. The van der Waals surface area contributed by atoms with Crippen molar-refractivity contribution in [3.05, 3.63) is 29.6 Å². The fraction of sp³-hybridized carbons (Fsp3) is 0.600. The minimum absolute atomic E-state index is 0.246. The Kier molecular flexibility index (Phi) is 5.16. The van der Waals surface area contributed by atoms with E-state index in [4.69, 9.17) is 9.47 Å². The maximum atomic E-state index is 13.9.